The molecule has 0 spiro atoms. The lowest BCUT2D eigenvalue weighted by Gasteiger charge is -2.07. The van der Waals surface area contributed by atoms with Crippen LogP contribution in [0, 0.1) is 5.95 Å². The summed E-state index contributed by atoms with van der Waals surface area (Å²) in [7, 11) is 0. The van der Waals surface area contributed by atoms with Crippen molar-refractivity contribution in [2.24, 2.45) is 0 Å². The van der Waals surface area contributed by atoms with Gasteiger partial charge in [-0.25, -0.2) is 9.97 Å². The number of carbonyl (C=O) groups is 1. The van der Waals surface area contributed by atoms with Crippen molar-refractivity contribution in [3.05, 3.63) is 53.2 Å². The first-order valence-corrected chi connectivity index (χ1v) is 7.63. The predicted octanol–water partition coefficient (Wildman–Crippen LogP) is 2.59. The average Bonchev–Trinajstić information content (AvgIpc) is 3.19. The molecule has 4 rings (SSSR count). The number of nitrogens with zero attached hydrogens (tertiary/aromatic N) is 4. The number of imidazole rings is 2. The Hall–Kier alpha value is -2.41. The summed E-state index contributed by atoms with van der Waals surface area (Å²) in [6.07, 6.45) is 7.10. The van der Waals surface area contributed by atoms with Gasteiger partial charge in [-0.3, -0.25) is 9.20 Å². The van der Waals surface area contributed by atoms with Crippen molar-refractivity contribution in [3.63, 3.8) is 0 Å². The summed E-state index contributed by atoms with van der Waals surface area (Å²) in [5, 5.41) is 3.06. The minimum absolute atomic E-state index is 0.246. The number of nitrogens with one attached hydrogen (secondary N) is 1. The second kappa shape index (κ2) is 5.34. The van der Waals surface area contributed by atoms with Crippen LogP contribution in [0.15, 0.2) is 30.9 Å². The van der Waals surface area contributed by atoms with Gasteiger partial charge in [0.05, 0.1) is 23.6 Å². The molecule has 0 radical (unpaired) electrons. The van der Waals surface area contributed by atoms with Crippen molar-refractivity contribution in [2.45, 2.75) is 25.4 Å². The zero-order valence-electron chi connectivity index (χ0n) is 12.0. The Morgan fingerprint density at radius 3 is 3.04 bits per heavy atom. The predicted molar refractivity (Wildman–Crippen MR) is 81.8 cm³/mol. The first-order chi connectivity index (χ1) is 11.1. The smallest absolute Gasteiger partial charge is 0.275 e. The summed E-state index contributed by atoms with van der Waals surface area (Å²) in [6.45, 7) is 0.281. The molecule has 6 nitrogen and oxygen atoms in total. The number of aromatic nitrogens is 4. The number of hydrogen-bond donors (Lipinski definition) is 1. The number of halogens is 2. The van der Waals surface area contributed by atoms with E-state index in [2.05, 4.69) is 15.3 Å². The van der Waals surface area contributed by atoms with Crippen LogP contribution in [-0.4, -0.2) is 24.8 Å². The van der Waals surface area contributed by atoms with E-state index < -0.39 is 11.9 Å². The summed E-state index contributed by atoms with van der Waals surface area (Å²) in [4.78, 5) is 20.3. The molecule has 118 valence electrons. The fourth-order valence-corrected chi connectivity index (χ4v) is 2.70. The zero-order valence-corrected chi connectivity index (χ0v) is 12.8. The molecule has 1 fully saturated rings. The van der Waals surface area contributed by atoms with E-state index in [1.807, 2.05) is 4.57 Å². The van der Waals surface area contributed by atoms with Crippen LogP contribution in [0.25, 0.3) is 5.65 Å². The molecular formula is C15H13ClFN5O. The highest BCUT2D eigenvalue weighted by Crippen LogP contribution is 2.35. The van der Waals surface area contributed by atoms with Crippen molar-refractivity contribution >= 4 is 23.2 Å². The van der Waals surface area contributed by atoms with Crippen molar-refractivity contribution < 1.29 is 9.18 Å². The van der Waals surface area contributed by atoms with Crippen LogP contribution < -0.4 is 5.32 Å². The fourth-order valence-electron chi connectivity index (χ4n) is 2.54. The van der Waals surface area contributed by atoms with Crippen LogP contribution in [0.3, 0.4) is 0 Å². The second-order valence-corrected chi connectivity index (χ2v) is 5.97. The molecule has 8 heteroatoms. The van der Waals surface area contributed by atoms with Gasteiger partial charge in [-0.1, -0.05) is 11.6 Å². The van der Waals surface area contributed by atoms with Gasteiger partial charge in [0.25, 0.3) is 5.91 Å². The molecule has 3 aromatic rings. The Labute approximate surface area is 135 Å². The average molecular weight is 334 g/mol. The fraction of sp³-hybridized carbons (Fsp3) is 0.267. The maximum Gasteiger partial charge on any atom is 0.275 e. The van der Waals surface area contributed by atoms with E-state index in [0.29, 0.717) is 16.7 Å². The number of carbonyl (C=O) groups excluding carboxylic acids is 1. The Morgan fingerprint density at radius 2 is 2.26 bits per heavy atom. The molecule has 1 aliphatic carbocycles. The molecule has 1 amide bonds. The third-order valence-electron chi connectivity index (χ3n) is 3.86. The molecule has 0 bridgehead atoms. The third-order valence-corrected chi connectivity index (χ3v) is 4.08. The Morgan fingerprint density at radius 1 is 1.43 bits per heavy atom. The van der Waals surface area contributed by atoms with Crippen LogP contribution in [0.1, 0.15) is 35.1 Å². The lowest BCUT2D eigenvalue weighted by atomic mass is 10.4. The molecular weight excluding hydrogens is 321 g/mol. The minimum Gasteiger partial charge on any atom is -0.345 e. The van der Waals surface area contributed by atoms with Crippen molar-refractivity contribution in [3.8, 4) is 0 Å². The number of hydrogen-bond acceptors (Lipinski definition) is 3. The van der Waals surface area contributed by atoms with E-state index in [9.17, 15) is 9.18 Å². The van der Waals surface area contributed by atoms with Gasteiger partial charge in [-0.05, 0) is 25.0 Å². The molecule has 1 saturated carbocycles. The van der Waals surface area contributed by atoms with Crippen molar-refractivity contribution in [1.82, 2.24) is 24.3 Å². The van der Waals surface area contributed by atoms with Gasteiger partial charge in [0.1, 0.15) is 5.65 Å². The van der Waals surface area contributed by atoms with Crippen LogP contribution in [-0.2, 0) is 6.54 Å². The molecule has 23 heavy (non-hydrogen) atoms. The maximum atomic E-state index is 14.3. The first kappa shape index (κ1) is 14.2. The molecule has 1 N–H and O–H groups in total. The molecule has 3 heterocycles. The standard InChI is InChI=1S/C15H13ClFN5O/c16-9-1-4-12-20-13(14(17)21(12)7-9)15(23)19-6-11-5-18-8-22(11)10-2-3-10/h1,4-5,7-8,10H,2-3,6H2,(H,19,23). The lowest BCUT2D eigenvalue weighted by Crippen LogP contribution is -2.25. The summed E-state index contributed by atoms with van der Waals surface area (Å²) >= 11 is 5.84. The maximum absolute atomic E-state index is 14.3. The van der Waals surface area contributed by atoms with Gasteiger partial charge in [0.2, 0.25) is 5.95 Å². The number of pyridine rings is 1. The summed E-state index contributed by atoms with van der Waals surface area (Å²) in [6, 6.07) is 3.63. The zero-order chi connectivity index (χ0) is 16.0. The molecule has 1 aliphatic rings. The molecule has 0 saturated heterocycles. The number of amides is 1. The number of rotatable bonds is 4. The topological polar surface area (TPSA) is 64.2 Å². The molecule has 0 aliphatic heterocycles. The quantitative estimate of drug-likeness (QED) is 0.798. The first-order valence-electron chi connectivity index (χ1n) is 7.25. The highest BCUT2D eigenvalue weighted by Gasteiger charge is 2.25. The van der Waals surface area contributed by atoms with Gasteiger partial charge in [-0.15, -0.1) is 0 Å². The van der Waals surface area contributed by atoms with E-state index >= 15 is 0 Å². The van der Waals surface area contributed by atoms with Crippen LogP contribution in [0.4, 0.5) is 4.39 Å². The largest absolute Gasteiger partial charge is 0.345 e. The molecule has 3 aromatic heterocycles. The molecule has 0 unspecified atom stereocenters. The second-order valence-electron chi connectivity index (χ2n) is 5.53. The number of fused-ring (bicyclic) bond motifs is 1. The van der Waals surface area contributed by atoms with Gasteiger partial charge in [0, 0.05) is 18.4 Å². The SMILES string of the molecule is O=C(NCc1cncn1C1CC1)c1nc2ccc(Cl)cn2c1F. The van der Waals surface area contributed by atoms with E-state index in [0.717, 1.165) is 22.9 Å². The van der Waals surface area contributed by atoms with Crippen molar-refractivity contribution in [2.75, 3.05) is 0 Å². The third kappa shape index (κ3) is 2.57. The Kier molecular flexibility index (Phi) is 3.30. The molecule has 0 atom stereocenters. The Balaban J connectivity index is 1.55. The van der Waals surface area contributed by atoms with Crippen LogP contribution >= 0.6 is 11.6 Å². The highest BCUT2D eigenvalue weighted by atomic mass is 35.5. The van der Waals surface area contributed by atoms with E-state index in [-0.39, 0.29) is 12.2 Å². The van der Waals surface area contributed by atoms with Crippen LogP contribution in [0.2, 0.25) is 5.02 Å². The highest BCUT2D eigenvalue weighted by molar-refractivity contribution is 6.30. The lowest BCUT2D eigenvalue weighted by molar-refractivity contribution is 0.0941. The Bertz CT molecular complexity index is 899. The van der Waals surface area contributed by atoms with Gasteiger partial charge in [-0.2, -0.15) is 4.39 Å². The van der Waals surface area contributed by atoms with Gasteiger partial charge < -0.3 is 9.88 Å². The van der Waals surface area contributed by atoms with Crippen molar-refractivity contribution in [1.29, 1.82) is 0 Å². The van der Waals surface area contributed by atoms with E-state index in [1.54, 1.807) is 24.7 Å². The van der Waals surface area contributed by atoms with Crippen LogP contribution in [0.5, 0.6) is 0 Å². The normalized spacial score (nSPS) is 14.3. The minimum atomic E-state index is -0.726. The van der Waals surface area contributed by atoms with E-state index in [4.69, 9.17) is 11.6 Å². The van der Waals surface area contributed by atoms with Gasteiger partial charge in [0.15, 0.2) is 5.69 Å². The van der Waals surface area contributed by atoms with Gasteiger partial charge >= 0.3 is 0 Å². The monoisotopic (exact) mass is 333 g/mol. The van der Waals surface area contributed by atoms with E-state index in [1.165, 1.54) is 6.20 Å². The summed E-state index contributed by atoms with van der Waals surface area (Å²) < 4.78 is 17.5. The summed E-state index contributed by atoms with van der Waals surface area (Å²) in [5.41, 5.74) is 0.984. The summed E-state index contributed by atoms with van der Waals surface area (Å²) in [5.74, 6) is -1.29. The molecule has 0 aromatic carbocycles.